The molecule has 0 saturated carbocycles. The van der Waals surface area contributed by atoms with E-state index in [1.54, 1.807) is 25.1 Å². The molecule has 0 saturated heterocycles. The van der Waals surface area contributed by atoms with E-state index in [-0.39, 0.29) is 10.7 Å². The van der Waals surface area contributed by atoms with Crippen LogP contribution in [-0.2, 0) is 0 Å². The van der Waals surface area contributed by atoms with Gasteiger partial charge in [-0.25, -0.2) is 8.78 Å². The molecular formula is C13H11ClF2N2. The van der Waals surface area contributed by atoms with Crippen LogP contribution in [0.15, 0.2) is 30.3 Å². The predicted octanol–water partition coefficient (Wildman–Crippen LogP) is 4.25. The molecule has 0 heterocycles. The van der Waals surface area contributed by atoms with E-state index in [1.807, 2.05) is 0 Å². The van der Waals surface area contributed by atoms with Crippen LogP contribution >= 0.6 is 11.6 Å². The van der Waals surface area contributed by atoms with Gasteiger partial charge >= 0.3 is 0 Å². The number of nitrogens with two attached hydrogens (primary N) is 1. The third-order valence-electron chi connectivity index (χ3n) is 2.64. The zero-order valence-corrected chi connectivity index (χ0v) is 10.4. The lowest BCUT2D eigenvalue weighted by Gasteiger charge is -2.13. The molecule has 2 rings (SSSR count). The highest BCUT2D eigenvalue weighted by molar-refractivity contribution is 6.33. The van der Waals surface area contributed by atoms with Gasteiger partial charge in [0.2, 0.25) is 0 Å². The lowest BCUT2D eigenvalue weighted by atomic mass is 10.1. The number of nitrogen functional groups attached to an aromatic ring is 1. The van der Waals surface area contributed by atoms with E-state index in [4.69, 9.17) is 17.3 Å². The van der Waals surface area contributed by atoms with Gasteiger partial charge in [0.25, 0.3) is 0 Å². The maximum Gasteiger partial charge on any atom is 0.151 e. The van der Waals surface area contributed by atoms with Gasteiger partial charge in [0, 0.05) is 17.4 Å². The fraction of sp³-hybridized carbons (Fsp3) is 0.0769. The lowest BCUT2D eigenvalue weighted by molar-refractivity contribution is 0.586. The molecule has 2 aromatic carbocycles. The molecule has 0 aliphatic heterocycles. The van der Waals surface area contributed by atoms with Gasteiger partial charge < -0.3 is 11.1 Å². The second-order valence-electron chi connectivity index (χ2n) is 3.89. The van der Waals surface area contributed by atoms with Crippen LogP contribution in [0.3, 0.4) is 0 Å². The van der Waals surface area contributed by atoms with Crippen molar-refractivity contribution < 1.29 is 8.78 Å². The number of hydrogen-bond donors (Lipinski definition) is 2. The van der Waals surface area contributed by atoms with Crippen molar-refractivity contribution in [3.8, 4) is 0 Å². The van der Waals surface area contributed by atoms with Crippen molar-refractivity contribution in [2.24, 2.45) is 0 Å². The summed E-state index contributed by atoms with van der Waals surface area (Å²) >= 11 is 5.80. The summed E-state index contributed by atoms with van der Waals surface area (Å²) < 4.78 is 26.5. The summed E-state index contributed by atoms with van der Waals surface area (Å²) in [5.41, 5.74) is 7.77. The van der Waals surface area contributed by atoms with Gasteiger partial charge in [0.15, 0.2) is 5.82 Å². The van der Waals surface area contributed by atoms with Crippen LogP contribution in [0.2, 0.25) is 5.02 Å². The van der Waals surface area contributed by atoms with Gasteiger partial charge in [-0.1, -0.05) is 17.7 Å². The topological polar surface area (TPSA) is 38.0 Å². The van der Waals surface area contributed by atoms with E-state index in [2.05, 4.69) is 5.32 Å². The van der Waals surface area contributed by atoms with Crippen molar-refractivity contribution in [3.05, 3.63) is 52.6 Å². The van der Waals surface area contributed by atoms with E-state index in [1.165, 1.54) is 0 Å². The van der Waals surface area contributed by atoms with E-state index in [9.17, 15) is 8.78 Å². The number of hydrogen-bond acceptors (Lipinski definition) is 2. The number of nitrogens with one attached hydrogen (secondary N) is 1. The minimum Gasteiger partial charge on any atom is -0.398 e. The number of rotatable bonds is 2. The highest BCUT2D eigenvalue weighted by Crippen LogP contribution is 2.31. The molecule has 0 aliphatic carbocycles. The third-order valence-corrected chi connectivity index (χ3v) is 2.94. The van der Waals surface area contributed by atoms with Crippen LogP contribution in [0.4, 0.5) is 25.8 Å². The molecule has 0 aromatic heterocycles. The SMILES string of the molecule is Cc1c(N)cccc1Nc1c(F)cc(F)cc1Cl. The Kier molecular flexibility index (Phi) is 3.39. The fourth-order valence-corrected chi connectivity index (χ4v) is 1.83. The first-order valence-electron chi connectivity index (χ1n) is 5.25. The maximum atomic E-state index is 13.6. The summed E-state index contributed by atoms with van der Waals surface area (Å²) in [4.78, 5) is 0. The highest BCUT2D eigenvalue weighted by atomic mass is 35.5. The smallest absolute Gasteiger partial charge is 0.151 e. The van der Waals surface area contributed by atoms with Crippen molar-refractivity contribution in [1.82, 2.24) is 0 Å². The van der Waals surface area contributed by atoms with Crippen molar-refractivity contribution in [2.45, 2.75) is 6.92 Å². The highest BCUT2D eigenvalue weighted by Gasteiger charge is 2.11. The molecule has 0 bridgehead atoms. The molecule has 0 atom stereocenters. The van der Waals surface area contributed by atoms with E-state index >= 15 is 0 Å². The maximum absolute atomic E-state index is 13.6. The summed E-state index contributed by atoms with van der Waals surface area (Å²) in [5.74, 6) is -1.46. The molecule has 18 heavy (non-hydrogen) atoms. The van der Waals surface area contributed by atoms with E-state index < -0.39 is 11.6 Å². The number of anilines is 3. The second-order valence-corrected chi connectivity index (χ2v) is 4.30. The molecule has 2 nitrogen and oxygen atoms in total. The third kappa shape index (κ3) is 2.38. The molecule has 94 valence electrons. The summed E-state index contributed by atoms with van der Waals surface area (Å²) in [6.45, 7) is 1.80. The van der Waals surface area contributed by atoms with Gasteiger partial charge in [-0.2, -0.15) is 0 Å². The van der Waals surface area contributed by atoms with E-state index in [0.717, 1.165) is 17.7 Å². The molecule has 0 spiro atoms. The van der Waals surface area contributed by atoms with Crippen molar-refractivity contribution >= 4 is 28.7 Å². The van der Waals surface area contributed by atoms with Crippen LogP contribution < -0.4 is 11.1 Å². The van der Waals surface area contributed by atoms with Crippen molar-refractivity contribution in [2.75, 3.05) is 11.1 Å². The Morgan fingerprint density at radius 2 is 1.94 bits per heavy atom. The Morgan fingerprint density at radius 3 is 2.61 bits per heavy atom. The first-order valence-corrected chi connectivity index (χ1v) is 5.63. The average molecular weight is 269 g/mol. The van der Waals surface area contributed by atoms with Crippen LogP contribution in [-0.4, -0.2) is 0 Å². The standard InChI is InChI=1S/C13H11ClF2N2/c1-7-11(17)3-2-4-12(7)18-13-9(14)5-8(15)6-10(13)16/h2-6,18H,17H2,1H3. The first kappa shape index (κ1) is 12.6. The molecule has 2 aromatic rings. The predicted molar refractivity (Wildman–Crippen MR) is 70.2 cm³/mol. The van der Waals surface area contributed by atoms with Crippen LogP contribution in [0.1, 0.15) is 5.56 Å². The first-order chi connectivity index (χ1) is 8.49. The normalized spacial score (nSPS) is 10.4. The Balaban J connectivity index is 2.43. The minimum atomic E-state index is -0.748. The summed E-state index contributed by atoms with van der Waals surface area (Å²) in [6.07, 6.45) is 0. The van der Waals surface area contributed by atoms with Gasteiger partial charge in [-0.05, 0) is 30.7 Å². The number of halogens is 3. The molecule has 0 amide bonds. The largest absolute Gasteiger partial charge is 0.398 e. The van der Waals surface area contributed by atoms with Gasteiger partial charge in [0.1, 0.15) is 5.82 Å². The van der Waals surface area contributed by atoms with E-state index in [0.29, 0.717) is 11.4 Å². The monoisotopic (exact) mass is 268 g/mol. The zero-order chi connectivity index (χ0) is 13.3. The Morgan fingerprint density at radius 1 is 1.22 bits per heavy atom. The minimum absolute atomic E-state index is 0.0191. The van der Waals surface area contributed by atoms with Crippen molar-refractivity contribution in [3.63, 3.8) is 0 Å². The van der Waals surface area contributed by atoms with Crippen LogP contribution in [0.25, 0.3) is 0 Å². The lowest BCUT2D eigenvalue weighted by Crippen LogP contribution is -2.00. The summed E-state index contributed by atoms with van der Waals surface area (Å²) in [7, 11) is 0. The van der Waals surface area contributed by atoms with Gasteiger partial charge in [-0.15, -0.1) is 0 Å². The van der Waals surface area contributed by atoms with Gasteiger partial charge in [0.05, 0.1) is 10.7 Å². The van der Waals surface area contributed by atoms with Crippen LogP contribution in [0, 0.1) is 18.6 Å². The molecule has 0 radical (unpaired) electrons. The summed E-state index contributed by atoms with van der Waals surface area (Å²) in [5, 5.41) is 2.80. The molecule has 0 aliphatic rings. The molecule has 0 unspecified atom stereocenters. The Hall–Kier alpha value is -1.81. The molecular weight excluding hydrogens is 258 g/mol. The zero-order valence-electron chi connectivity index (χ0n) is 9.60. The molecule has 0 fully saturated rings. The van der Waals surface area contributed by atoms with Crippen molar-refractivity contribution in [1.29, 1.82) is 0 Å². The van der Waals surface area contributed by atoms with Crippen LogP contribution in [0.5, 0.6) is 0 Å². The summed E-state index contributed by atoms with van der Waals surface area (Å²) in [6, 6.07) is 7.04. The molecule has 3 N–H and O–H groups in total. The average Bonchev–Trinajstić information content (AvgIpc) is 2.28. The Labute approximate surface area is 108 Å². The fourth-order valence-electron chi connectivity index (χ4n) is 1.59. The second kappa shape index (κ2) is 4.82. The Bertz CT molecular complexity index is 577. The number of benzene rings is 2. The van der Waals surface area contributed by atoms with Gasteiger partial charge in [-0.3, -0.25) is 0 Å². The molecule has 5 heteroatoms. The quantitative estimate of drug-likeness (QED) is 0.799.